The van der Waals surface area contributed by atoms with Crippen LogP contribution in [0.5, 0.6) is 0 Å². The summed E-state index contributed by atoms with van der Waals surface area (Å²) in [5, 5.41) is 0. The van der Waals surface area contributed by atoms with Crippen molar-refractivity contribution in [2.45, 2.75) is 26.7 Å². The van der Waals surface area contributed by atoms with Crippen molar-refractivity contribution in [1.82, 2.24) is 4.90 Å². The Bertz CT molecular complexity index is 555. The van der Waals surface area contributed by atoms with Gasteiger partial charge >= 0.3 is 0 Å². The number of likely N-dealkylation sites (tertiary alicyclic amines) is 1. The van der Waals surface area contributed by atoms with E-state index in [0.717, 1.165) is 31.7 Å². The first-order valence-corrected chi connectivity index (χ1v) is 7.65. The topological polar surface area (TPSA) is 40.6 Å². The second-order valence-electron chi connectivity index (χ2n) is 6.66. The summed E-state index contributed by atoms with van der Waals surface area (Å²) in [5.41, 5.74) is 0.922. The maximum Gasteiger partial charge on any atom is 0.227 e. The molecule has 4 nitrogen and oxygen atoms in total. The van der Waals surface area contributed by atoms with Crippen molar-refractivity contribution in [1.29, 1.82) is 0 Å². The third-order valence-electron chi connectivity index (χ3n) is 4.63. The number of para-hydroxylation sites is 1. The first-order chi connectivity index (χ1) is 10.0. The fourth-order valence-electron chi connectivity index (χ4n) is 3.50. The van der Waals surface area contributed by atoms with Crippen LogP contribution in [0.3, 0.4) is 0 Å². The van der Waals surface area contributed by atoms with Crippen molar-refractivity contribution in [3.05, 3.63) is 30.3 Å². The molecular weight excluding hydrogens is 264 g/mol. The molecular formula is C17H22N2O2. The van der Waals surface area contributed by atoms with Gasteiger partial charge in [-0.2, -0.15) is 0 Å². The largest absolute Gasteiger partial charge is 0.342 e. The Morgan fingerprint density at radius 3 is 2.57 bits per heavy atom. The van der Waals surface area contributed by atoms with Gasteiger partial charge in [-0.15, -0.1) is 0 Å². The summed E-state index contributed by atoms with van der Waals surface area (Å²) in [7, 11) is 0. The molecule has 2 aliphatic heterocycles. The van der Waals surface area contributed by atoms with Gasteiger partial charge in [0.25, 0.3) is 0 Å². The molecule has 0 saturated carbocycles. The number of hydrogen-bond acceptors (Lipinski definition) is 2. The van der Waals surface area contributed by atoms with E-state index in [1.54, 1.807) is 0 Å². The highest BCUT2D eigenvalue weighted by Gasteiger charge is 2.48. The van der Waals surface area contributed by atoms with Gasteiger partial charge in [0.1, 0.15) is 0 Å². The molecule has 1 aromatic carbocycles. The lowest BCUT2D eigenvalue weighted by Crippen LogP contribution is -2.36. The van der Waals surface area contributed by atoms with Gasteiger partial charge in [-0.25, -0.2) is 0 Å². The van der Waals surface area contributed by atoms with Gasteiger partial charge in [-0.3, -0.25) is 9.59 Å². The first-order valence-electron chi connectivity index (χ1n) is 7.65. The third kappa shape index (κ3) is 2.55. The minimum atomic E-state index is -0.0442. The summed E-state index contributed by atoms with van der Waals surface area (Å²) in [6.07, 6.45) is 1.49. The predicted molar refractivity (Wildman–Crippen MR) is 81.9 cm³/mol. The smallest absolute Gasteiger partial charge is 0.227 e. The van der Waals surface area contributed by atoms with Gasteiger partial charge < -0.3 is 9.80 Å². The Morgan fingerprint density at radius 2 is 1.90 bits per heavy atom. The highest BCUT2D eigenvalue weighted by Crippen LogP contribution is 2.42. The number of rotatable bonds is 2. The molecule has 0 radical (unpaired) electrons. The van der Waals surface area contributed by atoms with E-state index in [-0.39, 0.29) is 23.1 Å². The van der Waals surface area contributed by atoms with Gasteiger partial charge in [0.2, 0.25) is 11.8 Å². The number of anilines is 1. The van der Waals surface area contributed by atoms with E-state index in [2.05, 4.69) is 0 Å². The number of hydrogen-bond donors (Lipinski definition) is 0. The van der Waals surface area contributed by atoms with Crippen molar-refractivity contribution in [3.63, 3.8) is 0 Å². The summed E-state index contributed by atoms with van der Waals surface area (Å²) in [6, 6.07) is 9.82. The van der Waals surface area contributed by atoms with E-state index in [1.165, 1.54) is 0 Å². The Balaban J connectivity index is 1.75. The summed E-state index contributed by atoms with van der Waals surface area (Å²) in [4.78, 5) is 28.3. The molecule has 4 heteroatoms. The van der Waals surface area contributed by atoms with Gasteiger partial charge in [-0.05, 0) is 18.6 Å². The fraction of sp³-hybridized carbons (Fsp3) is 0.529. The number of amides is 2. The van der Waals surface area contributed by atoms with Crippen LogP contribution in [0.25, 0.3) is 0 Å². The van der Waals surface area contributed by atoms with Crippen LogP contribution in [0, 0.1) is 11.3 Å². The number of benzene rings is 1. The van der Waals surface area contributed by atoms with E-state index < -0.39 is 0 Å². The quantitative estimate of drug-likeness (QED) is 0.837. The summed E-state index contributed by atoms with van der Waals surface area (Å²) < 4.78 is 0. The van der Waals surface area contributed by atoms with Crippen molar-refractivity contribution in [3.8, 4) is 0 Å². The average Bonchev–Trinajstić information content (AvgIpc) is 3.03. The van der Waals surface area contributed by atoms with Crippen molar-refractivity contribution in [2.75, 3.05) is 24.5 Å². The van der Waals surface area contributed by atoms with Gasteiger partial charge in [0.05, 0.1) is 0 Å². The summed E-state index contributed by atoms with van der Waals surface area (Å²) in [5.74, 6) is 0.417. The van der Waals surface area contributed by atoms with Crippen LogP contribution < -0.4 is 4.90 Å². The Labute approximate surface area is 125 Å². The van der Waals surface area contributed by atoms with Crippen LogP contribution in [0.1, 0.15) is 26.7 Å². The Hall–Kier alpha value is -1.84. The molecule has 2 saturated heterocycles. The van der Waals surface area contributed by atoms with Crippen molar-refractivity contribution >= 4 is 17.5 Å². The molecule has 112 valence electrons. The maximum absolute atomic E-state index is 12.4. The molecule has 0 N–H and O–H groups in total. The van der Waals surface area contributed by atoms with E-state index in [0.29, 0.717) is 6.42 Å². The van der Waals surface area contributed by atoms with Crippen LogP contribution in [0.2, 0.25) is 0 Å². The second-order valence-corrected chi connectivity index (χ2v) is 6.66. The molecule has 0 aliphatic carbocycles. The normalized spacial score (nSPS) is 25.4. The first kappa shape index (κ1) is 14.1. The second kappa shape index (κ2) is 5.17. The molecule has 1 aromatic rings. The predicted octanol–water partition coefficient (Wildman–Crippen LogP) is 2.30. The minimum absolute atomic E-state index is 0.0301. The highest BCUT2D eigenvalue weighted by atomic mass is 16.2. The number of carbonyl (C=O) groups is 2. The lowest BCUT2D eigenvalue weighted by atomic mass is 9.86. The zero-order chi connectivity index (χ0) is 15.0. The van der Waals surface area contributed by atoms with Gasteiger partial charge in [0.15, 0.2) is 0 Å². The van der Waals surface area contributed by atoms with Crippen LogP contribution in [-0.2, 0) is 9.59 Å². The SMILES string of the molecule is CC(C)C(=O)N1CCC2(CC(=O)N(c3ccccc3)C2)C1. The standard InChI is InChI=1S/C17H22N2O2/c1-13(2)16(21)18-9-8-17(11-18)10-15(20)19(12-17)14-6-4-3-5-7-14/h3-7,13H,8-12H2,1-2H3. The molecule has 2 aliphatic rings. The van der Waals surface area contributed by atoms with Gasteiger partial charge in [0, 0.05) is 43.1 Å². The highest BCUT2D eigenvalue weighted by molar-refractivity contribution is 5.96. The minimum Gasteiger partial charge on any atom is -0.342 e. The zero-order valence-electron chi connectivity index (χ0n) is 12.7. The molecule has 2 heterocycles. The molecule has 1 unspecified atom stereocenters. The molecule has 1 atom stereocenters. The third-order valence-corrected chi connectivity index (χ3v) is 4.63. The molecule has 3 rings (SSSR count). The van der Waals surface area contributed by atoms with Gasteiger partial charge in [-0.1, -0.05) is 32.0 Å². The monoisotopic (exact) mass is 286 g/mol. The van der Waals surface area contributed by atoms with E-state index in [4.69, 9.17) is 0 Å². The lowest BCUT2D eigenvalue weighted by molar-refractivity contribution is -0.133. The molecule has 0 aromatic heterocycles. The van der Waals surface area contributed by atoms with Crippen molar-refractivity contribution in [2.24, 2.45) is 11.3 Å². The molecule has 2 amide bonds. The van der Waals surface area contributed by atoms with E-state index in [9.17, 15) is 9.59 Å². The maximum atomic E-state index is 12.4. The summed E-state index contributed by atoms with van der Waals surface area (Å²) in [6.45, 7) is 6.11. The Morgan fingerprint density at radius 1 is 1.19 bits per heavy atom. The van der Waals surface area contributed by atoms with Crippen LogP contribution in [0.15, 0.2) is 30.3 Å². The number of carbonyl (C=O) groups excluding carboxylic acids is 2. The molecule has 21 heavy (non-hydrogen) atoms. The molecule has 2 fully saturated rings. The van der Waals surface area contributed by atoms with Crippen LogP contribution in [-0.4, -0.2) is 36.3 Å². The van der Waals surface area contributed by atoms with Crippen LogP contribution >= 0.6 is 0 Å². The average molecular weight is 286 g/mol. The van der Waals surface area contributed by atoms with Crippen LogP contribution in [0.4, 0.5) is 5.69 Å². The molecule has 0 bridgehead atoms. The Kier molecular flexibility index (Phi) is 3.47. The molecule has 1 spiro atoms. The van der Waals surface area contributed by atoms with E-state index >= 15 is 0 Å². The summed E-state index contributed by atoms with van der Waals surface area (Å²) >= 11 is 0. The number of nitrogens with zero attached hydrogens (tertiary/aromatic N) is 2. The van der Waals surface area contributed by atoms with E-state index in [1.807, 2.05) is 54.0 Å². The lowest BCUT2D eigenvalue weighted by Gasteiger charge is -2.25. The van der Waals surface area contributed by atoms with Crippen molar-refractivity contribution < 1.29 is 9.59 Å². The fourth-order valence-corrected chi connectivity index (χ4v) is 3.50. The zero-order valence-corrected chi connectivity index (χ0v) is 12.7.